The zero-order chi connectivity index (χ0) is 20.2. The zero-order valence-electron chi connectivity index (χ0n) is 17.5. The molecule has 0 saturated carbocycles. The van der Waals surface area contributed by atoms with E-state index in [9.17, 15) is 0 Å². The van der Waals surface area contributed by atoms with Crippen LogP contribution in [0.25, 0.3) is 10.9 Å². The van der Waals surface area contributed by atoms with Gasteiger partial charge in [0, 0.05) is 43.3 Å². The Kier molecular flexibility index (Phi) is 6.07. The second-order valence-electron chi connectivity index (χ2n) is 7.60. The number of nitrogens with one attached hydrogen (secondary N) is 1. The summed E-state index contributed by atoms with van der Waals surface area (Å²) in [4.78, 5) is 5.95. The molecule has 1 aliphatic rings. The number of nitrogens with zero attached hydrogens (tertiary/aromatic N) is 1. The molecular formula is C24H30N2O3. The number of fused-ring (bicyclic) bond motifs is 2. The van der Waals surface area contributed by atoms with Gasteiger partial charge in [0.2, 0.25) is 0 Å². The molecule has 3 aromatic rings. The second kappa shape index (κ2) is 8.89. The summed E-state index contributed by atoms with van der Waals surface area (Å²) in [5.41, 5.74) is 5.29. The summed E-state index contributed by atoms with van der Waals surface area (Å²) in [5.74, 6) is 1.61. The number of H-pyrrole nitrogens is 1. The van der Waals surface area contributed by atoms with E-state index in [0.29, 0.717) is 6.04 Å². The quantitative estimate of drug-likeness (QED) is 0.617. The van der Waals surface area contributed by atoms with Gasteiger partial charge >= 0.3 is 0 Å². The van der Waals surface area contributed by atoms with Gasteiger partial charge in [0.05, 0.1) is 20.8 Å². The first kappa shape index (κ1) is 19.8. The minimum absolute atomic E-state index is 0.336. The Balaban J connectivity index is 1.64. The molecule has 0 bridgehead atoms. The van der Waals surface area contributed by atoms with Crippen LogP contribution in [0.1, 0.15) is 29.2 Å². The van der Waals surface area contributed by atoms with Gasteiger partial charge in [0.25, 0.3) is 0 Å². The maximum atomic E-state index is 5.60. The van der Waals surface area contributed by atoms with Crippen molar-refractivity contribution in [2.24, 2.45) is 0 Å². The Morgan fingerprint density at radius 2 is 1.86 bits per heavy atom. The molecule has 1 aliphatic heterocycles. The third-order valence-corrected chi connectivity index (χ3v) is 6.06. The fourth-order valence-corrected chi connectivity index (χ4v) is 4.53. The molecule has 29 heavy (non-hydrogen) atoms. The molecule has 0 spiro atoms. The summed E-state index contributed by atoms with van der Waals surface area (Å²) < 4.78 is 16.5. The molecule has 0 saturated heterocycles. The smallest absolute Gasteiger partial charge is 0.161 e. The normalized spacial score (nSPS) is 16.7. The van der Waals surface area contributed by atoms with E-state index >= 15 is 0 Å². The second-order valence-corrected chi connectivity index (χ2v) is 7.60. The molecule has 1 aromatic heterocycles. The van der Waals surface area contributed by atoms with Gasteiger partial charge in [-0.25, -0.2) is 0 Å². The zero-order valence-corrected chi connectivity index (χ0v) is 17.5. The summed E-state index contributed by atoms with van der Waals surface area (Å²) in [6.45, 7) is 2.71. The number of para-hydroxylation sites is 1. The third-order valence-electron chi connectivity index (χ3n) is 6.06. The first-order chi connectivity index (χ1) is 14.2. The van der Waals surface area contributed by atoms with Crippen LogP contribution in [0.2, 0.25) is 0 Å². The van der Waals surface area contributed by atoms with Crippen LogP contribution in [-0.2, 0) is 17.6 Å². The summed E-state index contributed by atoms with van der Waals surface area (Å²) in [5, 5.41) is 1.32. The van der Waals surface area contributed by atoms with Crippen LogP contribution < -0.4 is 9.47 Å². The van der Waals surface area contributed by atoms with Crippen LogP contribution in [-0.4, -0.2) is 50.9 Å². The predicted octanol–water partition coefficient (Wildman–Crippen LogP) is 4.36. The fraction of sp³-hybridized carbons (Fsp3) is 0.417. The Morgan fingerprint density at radius 3 is 2.66 bits per heavy atom. The van der Waals surface area contributed by atoms with Crippen LogP contribution in [0.5, 0.6) is 11.5 Å². The molecule has 0 unspecified atom stereocenters. The van der Waals surface area contributed by atoms with Gasteiger partial charge < -0.3 is 19.2 Å². The monoisotopic (exact) mass is 394 g/mol. The van der Waals surface area contributed by atoms with E-state index in [1.54, 1.807) is 21.3 Å². The average Bonchev–Trinajstić information content (AvgIpc) is 3.18. The van der Waals surface area contributed by atoms with Crippen molar-refractivity contribution in [2.75, 3.05) is 41.0 Å². The van der Waals surface area contributed by atoms with Crippen molar-refractivity contribution in [3.63, 3.8) is 0 Å². The van der Waals surface area contributed by atoms with Crippen molar-refractivity contribution in [1.82, 2.24) is 9.88 Å². The molecule has 2 heterocycles. The summed E-state index contributed by atoms with van der Waals surface area (Å²) in [7, 11) is 5.18. The molecule has 5 heteroatoms. The summed E-state index contributed by atoms with van der Waals surface area (Å²) in [6, 6.07) is 13.2. The molecule has 4 rings (SSSR count). The lowest BCUT2D eigenvalue weighted by Gasteiger charge is -2.38. The number of aromatic nitrogens is 1. The molecule has 5 nitrogen and oxygen atoms in total. The predicted molar refractivity (Wildman–Crippen MR) is 116 cm³/mol. The highest BCUT2D eigenvalue weighted by atomic mass is 16.5. The molecule has 0 amide bonds. The molecule has 1 N–H and O–H groups in total. The van der Waals surface area contributed by atoms with Crippen molar-refractivity contribution >= 4 is 10.9 Å². The van der Waals surface area contributed by atoms with E-state index in [4.69, 9.17) is 14.2 Å². The number of hydrogen-bond donors (Lipinski definition) is 1. The average molecular weight is 395 g/mol. The van der Waals surface area contributed by atoms with Crippen LogP contribution in [0, 0.1) is 0 Å². The van der Waals surface area contributed by atoms with Crippen LogP contribution in [0.15, 0.2) is 42.6 Å². The summed E-state index contributed by atoms with van der Waals surface area (Å²) in [6.07, 6.45) is 5.24. The van der Waals surface area contributed by atoms with E-state index in [2.05, 4.69) is 52.5 Å². The van der Waals surface area contributed by atoms with Crippen LogP contribution >= 0.6 is 0 Å². The third kappa shape index (κ3) is 3.98. The van der Waals surface area contributed by atoms with E-state index in [1.807, 2.05) is 0 Å². The molecule has 1 atom stereocenters. The lowest BCUT2D eigenvalue weighted by molar-refractivity contribution is 0.109. The highest BCUT2D eigenvalue weighted by Crippen LogP contribution is 2.40. The van der Waals surface area contributed by atoms with E-state index in [-0.39, 0.29) is 0 Å². The van der Waals surface area contributed by atoms with Gasteiger partial charge in [-0.05, 0) is 54.2 Å². The summed E-state index contributed by atoms with van der Waals surface area (Å²) >= 11 is 0. The van der Waals surface area contributed by atoms with Gasteiger partial charge in [-0.15, -0.1) is 0 Å². The standard InChI is InChI=1S/C24H30N2O3/c1-27-13-12-26-11-10-17-14-23(28-2)24(29-3)15-20(17)22(26)9-8-18-16-25-21-7-5-4-6-19(18)21/h4-7,14-16,22,25H,8-13H2,1-3H3/t22-/m1/s1. The van der Waals surface area contributed by atoms with Gasteiger partial charge in [-0.1, -0.05) is 18.2 Å². The number of methoxy groups -OCH3 is 3. The van der Waals surface area contributed by atoms with Crippen molar-refractivity contribution in [3.05, 3.63) is 59.3 Å². The first-order valence-electron chi connectivity index (χ1n) is 10.3. The number of ether oxygens (including phenoxy) is 3. The molecule has 0 radical (unpaired) electrons. The minimum atomic E-state index is 0.336. The first-order valence-corrected chi connectivity index (χ1v) is 10.3. The highest BCUT2D eigenvalue weighted by molar-refractivity contribution is 5.83. The van der Waals surface area contributed by atoms with Gasteiger partial charge in [0.15, 0.2) is 11.5 Å². The maximum Gasteiger partial charge on any atom is 0.161 e. The van der Waals surface area contributed by atoms with Gasteiger partial charge in [-0.3, -0.25) is 4.90 Å². The Bertz CT molecular complexity index is 966. The van der Waals surface area contributed by atoms with Gasteiger partial charge in [0.1, 0.15) is 0 Å². The van der Waals surface area contributed by atoms with Crippen molar-refractivity contribution in [1.29, 1.82) is 0 Å². The minimum Gasteiger partial charge on any atom is -0.493 e. The molecule has 154 valence electrons. The van der Waals surface area contributed by atoms with Crippen LogP contribution in [0.3, 0.4) is 0 Å². The Hall–Kier alpha value is -2.50. The highest BCUT2D eigenvalue weighted by Gasteiger charge is 2.29. The topological polar surface area (TPSA) is 46.7 Å². The number of hydrogen-bond acceptors (Lipinski definition) is 4. The van der Waals surface area contributed by atoms with Crippen molar-refractivity contribution in [2.45, 2.75) is 25.3 Å². The molecular weight excluding hydrogens is 364 g/mol. The van der Waals surface area contributed by atoms with Gasteiger partial charge in [-0.2, -0.15) is 0 Å². The number of aromatic amines is 1. The molecule has 0 fully saturated rings. The van der Waals surface area contributed by atoms with Crippen LogP contribution in [0.4, 0.5) is 0 Å². The molecule has 0 aliphatic carbocycles. The van der Waals surface area contributed by atoms with Crippen molar-refractivity contribution in [3.8, 4) is 11.5 Å². The maximum absolute atomic E-state index is 5.60. The molecule has 2 aromatic carbocycles. The van der Waals surface area contributed by atoms with E-state index in [0.717, 1.165) is 50.5 Å². The van der Waals surface area contributed by atoms with E-state index in [1.165, 1.54) is 27.6 Å². The lowest BCUT2D eigenvalue weighted by atomic mass is 9.88. The SMILES string of the molecule is COCCN1CCc2cc(OC)c(OC)cc2[C@H]1CCc1c[nH]c2ccccc12. The van der Waals surface area contributed by atoms with E-state index < -0.39 is 0 Å². The number of benzene rings is 2. The Labute approximate surface area is 172 Å². The van der Waals surface area contributed by atoms with Crippen molar-refractivity contribution < 1.29 is 14.2 Å². The number of rotatable bonds is 8. The lowest BCUT2D eigenvalue weighted by Crippen LogP contribution is -2.38. The largest absolute Gasteiger partial charge is 0.493 e. The fourth-order valence-electron chi connectivity index (χ4n) is 4.53. The Morgan fingerprint density at radius 1 is 1.07 bits per heavy atom. The number of aryl methyl sites for hydroxylation is 1.